The van der Waals surface area contributed by atoms with Gasteiger partial charge in [0.2, 0.25) is 0 Å². The summed E-state index contributed by atoms with van der Waals surface area (Å²) in [6.45, 7) is 0.452. The Balaban J connectivity index is 2.15. The van der Waals surface area contributed by atoms with Crippen molar-refractivity contribution in [3.8, 4) is 17.3 Å². The number of nitrogens with zero attached hydrogens (tertiary/aromatic N) is 3. The topological polar surface area (TPSA) is 81.7 Å². The number of hydrogen-bond donors (Lipinski definition) is 0. The molecule has 118 valence electrons. The second kappa shape index (κ2) is 6.80. The van der Waals surface area contributed by atoms with Crippen LogP contribution in [0.25, 0.3) is 28.1 Å². The summed E-state index contributed by atoms with van der Waals surface area (Å²) < 4.78 is 1.66. The normalized spacial score (nSPS) is 11.0. The van der Waals surface area contributed by atoms with Crippen LogP contribution in [0.15, 0.2) is 54.7 Å². The number of carbonyl (C=O) groups excluding carboxylic acids is 1. The molecule has 2 aromatic carbocycles. The lowest BCUT2D eigenvalue weighted by molar-refractivity contribution is -0.297. The fourth-order valence-electron chi connectivity index (χ4n) is 2.64. The van der Waals surface area contributed by atoms with Gasteiger partial charge >= 0.3 is 0 Å². The van der Waals surface area contributed by atoms with Crippen molar-refractivity contribution in [3.63, 3.8) is 0 Å². The minimum Gasteiger partial charge on any atom is -0.545 e. The average Bonchev–Trinajstić information content (AvgIpc) is 3.00. The van der Waals surface area contributed by atoms with Gasteiger partial charge in [-0.05, 0) is 22.9 Å². The maximum atomic E-state index is 10.7. The van der Waals surface area contributed by atoms with Crippen LogP contribution in [-0.2, 0) is 11.3 Å². The van der Waals surface area contributed by atoms with Gasteiger partial charge < -0.3 is 9.90 Å². The summed E-state index contributed by atoms with van der Waals surface area (Å²) in [7, 11) is 0. The number of carboxylic acid groups (broad SMARTS) is 1. The fourth-order valence-corrected chi connectivity index (χ4v) is 2.64. The predicted molar refractivity (Wildman–Crippen MR) is 89.4 cm³/mol. The zero-order valence-electron chi connectivity index (χ0n) is 12.8. The summed E-state index contributed by atoms with van der Waals surface area (Å²) >= 11 is 0. The molecule has 24 heavy (non-hydrogen) atoms. The van der Waals surface area contributed by atoms with E-state index in [0.29, 0.717) is 24.2 Å². The first-order valence-corrected chi connectivity index (χ1v) is 7.50. The molecule has 5 nitrogen and oxygen atoms in total. The van der Waals surface area contributed by atoms with Crippen LogP contribution in [0.4, 0.5) is 0 Å². The molecule has 0 aliphatic heterocycles. The van der Waals surface area contributed by atoms with Crippen molar-refractivity contribution < 1.29 is 9.90 Å². The van der Waals surface area contributed by atoms with E-state index in [1.54, 1.807) is 10.9 Å². The third-order valence-corrected chi connectivity index (χ3v) is 3.69. The standard InChI is InChI=1S/C19H15N3O2/c20-11-4-12-22-13-15(9-10-18(23)24)19(21-22)17-8-3-6-14-5-1-2-7-16(14)17/h1-3,5-10,13H,4,12H2,(H,23,24)/p-1/b10-9+. The molecule has 0 unspecified atom stereocenters. The van der Waals surface area contributed by atoms with E-state index in [1.165, 1.54) is 6.08 Å². The van der Waals surface area contributed by atoms with Crippen LogP contribution >= 0.6 is 0 Å². The van der Waals surface area contributed by atoms with Gasteiger partial charge in [-0.3, -0.25) is 4.68 Å². The largest absolute Gasteiger partial charge is 0.545 e. The highest BCUT2D eigenvalue weighted by atomic mass is 16.4. The number of aromatic nitrogens is 2. The van der Waals surface area contributed by atoms with Gasteiger partial charge in [0, 0.05) is 17.3 Å². The van der Waals surface area contributed by atoms with Crippen molar-refractivity contribution in [3.05, 3.63) is 60.3 Å². The van der Waals surface area contributed by atoms with Gasteiger partial charge in [0.25, 0.3) is 0 Å². The first kappa shape index (κ1) is 15.5. The third-order valence-electron chi connectivity index (χ3n) is 3.69. The van der Waals surface area contributed by atoms with Crippen molar-refractivity contribution in [1.29, 1.82) is 5.26 Å². The summed E-state index contributed by atoms with van der Waals surface area (Å²) in [5, 5.41) is 26.2. The Bertz CT molecular complexity index is 959. The summed E-state index contributed by atoms with van der Waals surface area (Å²) in [6.07, 6.45) is 4.54. The van der Waals surface area contributed by atoms with Crippen LogP contribution in [0.3, 0.4) is 0 Å². The molecule has 3 rings (SSSR count). The SMILES string of the molecule is N#CCCn1cc(/C=C/C(=O)[O-])c(-c2cccc3ccccc23)n1. The van der Waals surface area contributed by atoms with E-state index in [2.05, 4.69) is 11.2 Å². The molecule has 0 bridgehead atoms. The van der Waals surface area contributed by atoms with E-state index in [0.717, 1.165) is 22.4 Å². The second-order valence-corrected chi connectivity index (χ2v) is 5.28. The Hall–Kier alpha value is -3.39. The number of hydrogen-bond acceptors (Lipinski definition) is 4. The molecule has 0 aliphatic carbocycles. The fraction of sp³-hybridized carbons (Fsp3) is 0.105. The highest BCUT2D eigenvalue weighted by Crippen LogP contribution is 2.30. The highest BCUT2D eigenvalue weighted by molar-refractivity contribution is 5.98. The number of nitriles is 1. The zero-order chi connectivity index (χ0) is 16.9. The van der Waals surface area contributed by atoms with Crippen LogP contribution < -0.4 is 5.11 Å². The van der Waals surface area contributed by atoms with Gasteiger partial charge in [0.15, 0.2) is 0 Å². The molecule has 0 fully saturated rings. The summed E-state index contributed by atoms with van der Waals surface area (Å²) in [4.78, 5) is 10.7. The molecule has 0 radical (unpaired) electrons. The molecule has 0 spiro atoms. The Morgan fingerprint density at radius 1 is 1.25 bits per heavy atom. The van der Waals surface area contributed by atoms with Crippen LogP contribution in [0, 0.1) is 11.3 Å². The van der Waals surface area contributed by atoms with Crippen molar-refractivity contribution in [1.82, 2.24) is 9.78 Å². The van der Waals surface area contributed by atoms with Crippen LogP contribution in [0.1, 0.15) is 12.0 Å². The molecule has 0 saturated heterocycles. The number of benzene rings is 2. The quantitative estimate of drug-likeness (QED) is 0.677. The van der Waals surface area contributed by atoms with Crippen LogP contribution in [-0.4, -0.2) is 15.7 Å². The predicted octanol–water partition coefficient (Wildman–Crippen LogP) is 2.38. The molecule has 0 N–H and O–H groups in total. The molecule has 0 aliphatic rings. The molecule has 1 aromatic heterocycles. The molecular formula is C19H14N3O2-. The second-order valence-electron chi connectivity index (χ2n) is 5.28. The molecular weight excluding hydrogens is 302 g/mol. The van der Waals surface area contributed by atoms with Crippen molar-refractivity contribution in [2.75, 3.05) is 0 Å². The number of fused-ring (bicyclic) bond motifs is 1. The Morgan fingerprint density at radius 3 is 2.83 bits per heavy atom. The smallest absolute Gasteiger partial charge is 0.100 e. The first-order valence-electron chi connectivity index (χ1n) is 7.50. The lowest BCUT2D eigenvalue weighted by Gasteiger charge is -2.05. The molecule has 0 atom stereocenters. The summed E-state index contributed by atoms with van der Waals surface area (Å²) in [5.41, 5.74) is 2.28. The molecule has 5 heteroatoms. The van der Waals surface area contributed by atoms with Gasteiger partial charge in [-0.2, -0.15) is 10.4 Å². The lowest BCUT2D eigenvalue weighted by Crippen LogP contribution is -2.18. The number of rotatable bonds is 5. The van der Waals surface area contributed by atoms with Gasteiger partial charge in [-0.1, -0.05) is 42.5 Å². The van der Waals surface area contributed by atoms with Gasteiger partial charge in [-0.15, -0.1) is 0 Å². The molecule has 0 saturated carbocycles. The maximum absolute atomic E-state index is 10.7. The number of aryl methyl sites for hydroxylation is 1. The van der Waals surface area contributed by atoms with E-state index < -0.39 is 5.97 Å². The van der Waals surface area contributed by atoms with Gasteiger partial charge in [-0.25, -0.2) is 0 Å². The average molecular weight is 316 g/mol. The highest BCUT2D eigenvalue weighted by Gasteiger charge is 2.12. The van der Waals surface area contributed by atoms with Gasteiger partial charge in [0.1, 0.15) is 5.69 Å². The van der Waals surface area contributed by atoms with Crippen LogP contribution in [0.5, 0.6) is 0 Å². The number of carbonyl (C=O) groups is 1. The number of carboxylic acids is 1. The maximum Gasteiger partial charge on any atom is 0.100 e. The lowest BCUT2D eigenvalue weighted by atomic mass is 10.00. The number of aliphatic carboxylic acids is 1. The van der Waals surface area contributed by atoms with Gasteiger partial charge in [0.05, 0.1) is 25.0 Å². The Labute approximate surface area is 139 Å². The minimum atomic E-state index is -1.26. The van der Waals surface area contributed by atoms with Crippen molar-refractivity contribution in [2.45, 2.75) is 13.0 Å². The van der Waals surface area contributed by atoms with E-state index in [-0.39, 0.29) is 0 Å². The van der Waals surface area contributed by atoms with Crippen molar-refractivity contribution in [2.24, 2.45) is 0 Å². The molecule has 1 heterocycles. The van der Waals surface area contributed by atoms with E-state index in [9.17, 15) is 9.90 Å². The summed E-state index contributed by atoms with van der Waals surface area (Å²) in [6, 6.07) is 15.9. The van der Waals surface area contributed by atoms with Crippen LogP contribution in [0.2, 0.25) is 0 Å². The monoisotopic (exact) mass is 316 g/mol. The summed E-state index contributed by atoms with van der Waals surface area (Å²) in [5.74, 6) is -1.26. The third kappa shape index (κ3) is 3.18. The van der Waals surface area contributed by atoms with E-state index >= 15 is 0 Å². The first-order chi connectivity index (χ1) is 11.7. The van der Waals surface area contributed by atoms with E-state index in [1.807, 2.05) is 42.5 Å². The minimum absolute atomic E-state index is 0.334. The Morgan fingerprint density at radius 2 is 2.04 bits per heavy atom. The molecule has 0 amide bonds. The van der Waals surface area contributed by atoms with Crippen molar-refractivity contribution >= 4 is 22.8 Å². The van der Waals surface area contributed by atoms with E-state index in [4.69, 9.17) is 5.26 Å². The molecule has 3 aromatic rings. The zero-order valence-corrected chi connectivity index (χ0v) is 12.8. The Kier molecular flexibility index (Phi) is 4.39.